The number of methoxy groups -OCH3 is 2. The van der Waals surface area contributed by atoms with Gasteiger partial charge in [-0.2, -0.15) is 0 Å². The summed E-state index contributed by atoms with van der Waals surface area (Å²) in [7, 11) is 3.24. The van der Waals surface area contributed by atoms with Crippen LogP contribution in [0.25, 0.3) is 0 Å². The molecule has 0 aliphatic carbocycles. The van der Waals surface area contributed by atoms with Crippen molar-refractivity contribution in [3.63, 3.8) is 0 Å². The number of anilines is 2. The molecule has 1 amide bonds. The Bertz CT molecular complexity index is 1400. The molecule has 2 fully saturated rings. The summed E-state index contributed by atoms with van der Waals surface area (Å²) in [6, 6.07) is 35.6. The second-order valence-corrected chi connectivity index (χ2v) is 8.96. The quantitative estimate of drug-likeness (QED) is 0.331. The van der Waals surface area contributed by atoms with Crippen LogP contribution >= 0.6 is 0 Å². The van der Waals surface area contributed by atoms with Gasteiger partial charge in [0.05, 0.1) is 20.8 Å². The highest BCUT2D eigenvalue weighted by Crippen LogP contribution is 2.55. The number of carbonyl (C=O) groups excluding carboxylic acids is 1. The lowest BCUT2D eigenvalue weighted by atomic mass is 9.97. The van der Waals surface area contributed by atoms with Crippen LogP contribution < -0.4 is 19.3 Å². The van der Waals surface area contributed by atoms with Crippen molar-refractivity contribution in [2.45, 2.75) is 11.8 Å². The molecule has 6 rings (SSSR count). The lowest BCUT2D eigenvalue weighted by Crippen LogP contribution is -2.51. The fourth-order valence-corrected chi connectivity index (χ4v) is 5.50. The summed E-state index contributed by atoms with van der Waals surface area (Å²) >= 11 is 0. The van der Waals surface area contributed by atoms with Gasteiger partial charge < -0.3 is 19.2 Å². The first kappa shape index (κ1) is 22.9. The van der Waals surface area contributed by atoms with Crippen molar-refractivity contribution in [3.8, 4) is 11.5 Å². The molecule has 2 saturated heterocycles. The van der Waals surface area contributed by atoms with Crippen LogP contribution in [0.15, 0.2) is 109 Å². The average Bonchev–Trinajstić information content (AvgIpc) is 3.44. The van der Waals surface area contributed by atoms with Crippen LogP contribution in [0.3, 0.4) is 0 Å². The Morgan fingerprint density at radius 2 is 1.38 bits per heavy atom. The molecule has 0 N–H and O–H groups in total. The van der Waals surface area contributed by atoms with Crippen molar-refractivity contribution in [2.24, 2.45) is 0 Å². The summed E-state index contributed by atoms with van der Waals surface area (Å²) in [5, 5.41) is 1.81. The Hall–Kier alpha value is -4.49. The molecular weight excluding hydrogens is 466 g/mol. The maximum atomic E-state index is 13.7. The third kappa shape index (κ3) is 3.50. The fraction of sp³-hybridized carbons (Fsp3) is 0.167. The van der Waals surface area contributed by atoms with Gasteiger partial charge in [0.15, 0.2) is 17.2 Å². The van der Waals surface area contributed by atoms with E-state index in [0.29, 0.717) is 18.0 Å². The molecule has 7 heteroatoms. The van der Waals surface area contributed by atoms with Crippen LogP contribution in [0.2, 0.25) is 0 Å². The Morgan fingerprint density at radius 1 is 0.757 bits per heavy atom. The van der Waals surface area contributed by atoms with Crippen LogP contribution in [0, 0.1) is 0 Å². The Morgan fingerprint density at radius 3 is 2.00 bits per heavy atom. The molecule has 4 aromatic carbocycles. The molecule has 186 valence electrons. The molecule has 37 heavy (non-hydrogen) atoms. The second kappa shape index (κ2) is 9.19. The normalized spacial score (nSPS) is 21.0. The molecular formula is C30H27N3O4. The molecule has 2 heterocycles. The smallest absolute Gasteiger partial charge is 0.435 e. The van der Waals surface area contributed by atoms with Gasteiger partial charge in [-0.1, -0.05) is 83.9 Å². The maximum absolute atomic E-state index is 13.7. The van der Waals surface area contributed by atoms with Crippen molar-refractivity contribution in [1.29, 1.82) is 0 Å². The number of hydroxylamine groups is 2. The van der Waals surface area contributed by atoms with E-state index in [-0.39, 0.29) is 0 Å². The standard InChI is InChI=1S/C30H27N3O4/c1-35-26-20-12-19-25(27(26)36-2)28-31(23-15-8-4-9-16-23)21-30(22-13-6-3-7-14-22)32(29(34)37-33(28)30)24-17-10-5-11-18-24/h3-20,28H,21H2,1-2H3. The lowest BCUT2D eigenvalue weighted by Gasteiger charge is -2.35. The number of fused-ring (bicyclic) bond motifs is 1. The molecule has 0 saturated carbocycles. The molecule has 4 aromatic rings. The summed E-state index contributed by atoms with van der Waals surface area (Å²) < 4.78 is 11.5. The summed E-state index contributed by atoms with van der Waals surface area (Å²) in [5.74, 6) is 1.20. The van der Waals surface area contributed by atoms with Crippen molar-refractivity contribution in [3.05, 3.63) is 120 Å². The maximum Gasteiger partial charge on any atom is 0.435 e. The topological polar surface area (TPSA) is 54.5 Å². The van der Waals surface area contributed by atoms with Gasteiger partial charge in [-0.3, -0.25) is 0 Å². The lowest BCUT2D eigenvalue weighted by molar-refractivity contribution is -0.136. The molecule has 2 unspecified atom stereocenters. The van der Waals surface area contributed by atoms with E-state index in [4.69, 9.17) is 14.3 Å². The molecule has 2 aliphatic rings. The minimum Gasteiger partial charge on any atom is -0.493 e. The summed E-state index contributed by atoms with van der Waals surface area (Å²) in [4.78, 5) is 23.8. The molecule has 0 radical (unpaired) electrons. The zero-order valence-corrected chi connectivity index (χ0v) is 20.7. The van der Waals surface area contributed by atoms with E-state index in [2.05, 4.69) is 17.0 Å². The number of nitrogens with zero attached hydrogens (tertiary/aromatic N) is 3. The zero-order chi connectivity index (χ0) is 25.4. The van der Waals surface area contributed by atoms with Crippen LogP contribution in [-0.4, -0.2) is 31.9 Å². The van der Waals surface area contributed by atoms with E-state index in [1.165, 1.54) is 0 Å². The number of carbonyl (C=O) groups is 1. The van der Waals surface area contributed by atoms with E-state index in [9.17, 15) is 4.79 Å². The molecule has 2 atom stereocenters. The molecule has 2 aliphatic heterocycles. The third-order valence-corrected chi connectivity index (χ3v) is 7.05. The number of rotatable bonds is 6. The number of hydrogen-bond acceptors (Lipinski definition) is 6. The van der Waals surface area contributed by atoms with E-state index < -0.39 is 17.9 Å². The van der Waals surface area contributed by atoms with Gasteiger partial charge in [0.1, 0.15) is 6.17 Å². The predicted molar refractivity (Wildman–Crippen MR) is 141 cm³/mol. The van der Waals surface area contributed by atoms with Gasteiger partial charge >= 0.3 is 6.09 Å². The van der Waals surface area contributed by atoms with E-state index in [1.54, 1.807) is 19.1 Å². The first-order valence-corrected chi connectivity index (χ1v) is 12.1. The van der Waals surface area contributed by atoms with Gasteiger partial charge in [0, 0.05) is 16.9 Å². The van der Waals surface area contributed by atoms with Crippen molar-refractivity contribution in [1.82, 2.24) is 5.06 Å². The van der Waals surface area contributed by atoms with Crippen LogP contribution in [0.5, 0.6) is 11.5 Å². The minimum atomic E-state index is -0.950. The van der Waals surface area contributed by atoms with E-state index in [0.717, 1.165) is 22.5 Å². The molecule has 7 nitrogen and oxygen atoms in total. The van der Waals surface area contributed by atoms with Crippen molar-refractivity contribution in [2.75, 3.05) is 30.6 Å². The minimum absolute atomic E-state index is 0.436. The number of para-hydroxylation sites is 3. The number of ether oxygens (including phenoxy) is 2. The van der Waals surface area contributed by atoms with Gasteiger partial charge in [-0.25, -0.2) is 9.69 Å². The van der Waals surface area contributed by atoms with E-state index in [1.807, 2.05) is 102 Å². The number of hydrogen-bond donors (Lipinski definition) is 0. The Labute approximate surface area is 216 Å². The predicted octanol–water partition coefficient (Wildman–Crippen LogP) is 5.95. The molecule has 0 aromatic heterocycles. The van der Waals surface area contributed by atoms with Crippen molar-refractivity contribution >= 4 is 17.5 Å². The van der Waals surface area contributed by atoms with Gasteiger partial charge in [0.25, 0.3) is 0 Å². The van der Waals surface area contributed by atoms with Gasteiger partial charge in [0.2, 0.25) is 0 Å². The van der Waals surface area contributed by atoms with E-state index >= 15 is 0 Å². The zero-order valence-electron chi connectivity index (χ0n) is 20.7. The van der Waals surface area contributed by atoms with Crippen LogP contribution in [-0.2, 0) is 10.5 Å². The second-order valence-electron chi connectivity index (χ2n) is 8.96. The van der Waals surface area contributed by atoms with Crippen LogP contribution in [0.4, 0.5) is 16.2 Å². The number of amides is 1. The van der Waals surface area contributed by atoms with Crippen molar-refractivity contribution < 1.29 is 19.1 Å². The number of benzene rings is 4. The third-order valence-electron chi connectivity index (χ3n) is 7.05. The highest BCUT2D eigenvalue weighted by atomic mass is 16.8. The monoisotopic (exact) mass is 493 g/mol. The summed E-state index contributed by atoms with van der Waals surface area (Å²) in [6.45, 7) is 0.451. The SMILES string of the molecule is COc1cccc(C2N(c3ccccc3)CC3(c4ccccc4)N(c4ccccc4)C(=O)ON23)c1OC. The molecule has 0 spiro atoms. The highest BCUT2D eigenvalue weighted by Gasteiger charge is 2.65. The van der Waals surface area contributed by atoms with Gasteiger partial charge in [-0.15, -0.1) is 0 Å². The van der Waals surface area contributed by atoms with Crippen LogP contribution in [0.1, 0.15) is 17.3 Å². The first-order valence-electron chi connectivity index (χ1n) is 12.1. The highest BCUT2D eigenvalue weighted by molar-refractivity contribution is 5.92. The van der Waals surface area contributed by atoms with Gasteiger partial charge in [-0.05, 0) is 35.9 Å². The summed E-state index contributed by atoms with van der Waals surface area (Å²) in [5.41, 5.74) is 2.56. The first-order chi connectivity index (χ1) is 18.2. The Kier molecular flexibility index (Phi) is 5.70. The largest absolute Gasteiger partial charge is 0.493 e. The molecule has 0 bridgehead atoms. The average molecular weight is 494 g/mol. The summed E-state index contributed by atoms with van der Waals surface area (Å²) in [6.07, 6.45) is -0.931. The fourth-order valence-electron chi connectivity index (χ4n) is 5.50. The Balaban J connectivity index is 1.62.